The lowest BCUT2D eigenvalue weighted by molar-refractivity contribution is -0.119. The monoisotopic (exact) mass is 335 g/mol. The third-order valence-electron chi connectivity index (χ3n) is 3.85. The maximum Gasteiger partial charge on any atom is 0.238 e. The molecule has 1 aliphatic rings. The van der Waals surface area contributed by atoms with Crippen molar-refractivity contribution >= 4 is 23.2 Å². The predicted octanol–water partition coefficient (Wildman–Crippen LogP) is 1.39. The lowest BCUT2D eigenvalue weighted by Crippen LogP contribution is -2.35. The molecule has 0 aliphatic carbocycles. The van der Waals surface area contributed by atoms with Gasteiger partial charge in [0.15, 0.2) is 0 Å². The summed E-state index contributed by atoms with van der Waals surface area (Å²) in [6.45, 7) is 2.04. The molecule has 0 atom stereocenters. The summed E-state index contributed by atoms with van der Waals surface area (Å²) in [4.78, 5) is 25.8. The SMILES string of the molecule is COCCNCC(=O)Nc1ccc(OC)c(N2CCCCC2=O)c1. The van der Waals surface area contributed by atoms with Crippen LogP contribution in [0, 0.1) is 0 Å². The maximum atomic E-state index is 12.2. The molecular formula is C17H25N3O4. The van der Waals surface area contributed by atoms with Crippen LogP contribution in [0.3, 0.4) is 0 Å². The zero-order valence-electron chi connectivity index (χ0n) is 14.3. The van der Waals surface area contributed by atoms with Crippen LogP contribution >= 0.6 is 0 Å². The van der Waals surface area contributed by atoms with E-state index in [1.165, 1.54) is 0 Å². The second kappa shape index (κ2) is 9.24. The summed E-state index contributed by atoms with van der Waals surface area (Å²) in [5.74, 6) is 0.568. The molecule has 2 N–H and O–H groups in total. The third-order valence-corrected chi connectivity index (χ3v) is 3.85. The van der Waals surface area contributed by atoms with Crippen LogP contribution in [0.25, 0.3) is 0 Å². The Morgan fingerprint density at radius 3 is 2.83 bits per heavy atom. The fraction of sp³-hybridized carbons (Fsp3) is 0.529. The second-order valence-corrected chi connectivity index (χ2v) is 5.61. The molecule has 1 aromatic carbocycles. The molecule has 2 amide bonds. The van der Waals surface area contributed by atoms with E-state index in [0.717, 1.165) is 12.8 Å². The molecule has 0 aromatic heterocycles. The van der Waals surface area contributed by atoms with Crippen molar-refractivity contribution < 1.29 is 19.1 Å². The van der Waals surface area contributed by atoms with Gasteiger partial charge in [-0.1, -0.05) is 0 Å². The van der Waals surface area contributed by atoms with Gasteiger partial charge in [0, 0.05) is 32.3 Å². The molecule has 0 saturated carbocycles. The molecule has 0 spiro atoms. The molecule has 1 aliphatic heterocycles. The molecule has 7 heteroatoms. The third kappa shape index (κ3) is 4.94. The molecule has 0 unspecified atom stereocenters. The highest BCUT2D eigenvalue weighted by atomic mass is 16.5. The van der Waals surface area contributed by atoms with Crippen LogP contribution in [0.15, 0.2) is 18.2 Å². The number of rotatable bonds is 8. The summed E-state index contributed by atoms with van der Waals surface area (Å²) < 4.78 is 10.3. The summed E-state index contributed by atoms with van der Waals surface area (Å²) in [7, 11) is 3.19. The van der Waals surface area contributed by atoms with Gasteiger partial charge in [-0.15, -0.1) is 0 Å². The molecule has 1 aromatic rings. The van der Waals surface area contributed by atoms with E-state index in [0.29, 0.717) is 43.2 Å². The highest BCUT2D eigenvalue weighted by Crippen LogP contribution is 2.33. The Kier molecular flexibility index (Phi) is 7.02. The van der Waals surface area contributed by atoms with E-state index in [-0.39, 0.29) is 18.4 Å². The number of nitrogens with zero attached hydrogens (tertiary/aromatic N) is 1. The minimum absolute atomic E-state index is 0.0873. The lowest BCUT2D eigenvalue weighted by atomic mass is 10.1. The summed E-state index contributed by atoms with van der Waals surface area (Å²) >= 11 is 0. The van der Waals surface area contributed by atoms with E-state index in [1.807, 2.05) is 0 Å². The van der Waals surface area contributed by atoms with Crippen LogP contribution in [-0.2, 0) is 14.3 Å². The van der Waals surface area contributed by atoms with E-state index < -0.39 is 0 Å². The largest absolute Gasteiger partial charge is 0.495 e. The smallest absolute Gasteiger partial charge is 0.238 e. The van der Waals surface area contributed by atoms with Crippen molar-refractivity contribution in [3.63, 3.8) is 0 Å². The fourth-order valence-electron chi connectivity index (χ4n) is 2.62. The van der Waals surface area contributed by atoms with Crippen molar-refractivity contribution in [2.24, 2.45) is 0 Å². The number of hydrogen-bond donors (Lipinski definition) is 2. The molecular weight excluding hydrogens is 310 g/mol. The molecule has 24 heavy (non-hydrogen) atoms. The molecule has 1 fully saturated rings. The molecule has 132 valence electrons. The fourth-order valence-corrected chi connectivity index (χ4v) is 2.62. The predicted molar refractivity (Wildman–Crippen MR) is 92.6 cm³/mol. The van der Waals surface area contributed by atoms with Gasteiger partial charge in [0.25, 0.3) is 0 Å². The van der Waals surface area contributed by atoms with Gasteiger partial charge in [-0.3, -0.25) is 9.59 Å². The van der Waals surface area contributed by atoms with Crippen molar-refractivity contribution in [3.05, 3.63) is 18.2 Å². The molecule has 7 nitrogen and oxygen atoms in total. The zero-order valence-corrected chi connectivity index (χ0v) is 14.3. The first kappa shape index (κ1) is 18.2. The standard InChI is InChI=1S/C17H25N3O4/c1-23-10-8-18-12-16(21)19-13-6-7-15(24-2)14(11-13)20-9-4-3-5-17(20)22/h6-7,11,18H,3-5,8-10,12H2,1-2H3,(H,19,21). The van der Waals surface area contributed by atoms with Gasteiger partial charge in [0.1, 0.15) is 5.75 Å². The normalized spacial score (nSPS) is 14.6. The Bertz CT molecular complexity index is 577. The number of ether oxygens (including phenoxy) is 2. The van der Waals surface area contributed by atoms with Crippen LogP contribution in [-0.4, -0.2) is 52.3 Å². The summed E-state index contributed by atoms with van der Waals surface area (Å²) in [6.07, 6.45) is 2.43. The summed E-state index contributed by atoms with van der Waals surface area (Å²) in [5, 5.41) is 5.82. The summed E-state index contributed by atoms with van der Waals surface area (Å²) in [5.41, 5.74) is 1.34. The van der Waals surface area contributed by atoms with Crippen LogP contribution in [0.2, 0.25) is 0 Å². The van der Waals surface area contributed by atoms with Crippen molar-refractivity contribution in [1.29, 1.82) is 0 Å². The summed E-state index contributed by atoms with van der Waals surface area (Å²) in [6, 6.07) is 5.32. The number of piperidine rings is 1. The van der Waals surface area contributed by atoms with Crippen molar-refractivity contribution in [2.45, 2.75) is 19.3 Å². The second-order valence-electron chi connectivity index (χ2n) is 5.61. The number of methoxy groups -OCH3 is 2. The number of hydrogen-bond acceptors (Lipinski definition) is 5. The first-order chi connectivity index (χ1) is 11.7. The highest BCUT2D eigenvalue weighted by molar-refractivity contribution is 5.98. The van der Waals surface area contributed by atoms with E-state index in [9.17, 15) is 9.59 Å². The van der Waals surface area contributed by atoms with Crippen molar-refractivity contribution in [2.75, 3.05) is 50.7 Å². The molecule has 0 bridgehead atoms. The van der Waals surface area contributed by atoms with E-state index in [4.69, 9.17) is 9.47 Å². The van der Waals surface area contributed by atoms with Crippen molar-refractivity contribution in [1.82, 2.24) is 5.32 Å². The van der Waals surface area contributed by atoms with E-state index in [1.54, 1.807) is 37.3 Å². The Balaban J connectivity index is 2.05. The molecule has 0 radical (unpaired) electrons. The van der Waals surface area contributed by atoms with Crippen LogP contribution in [0.5, 0.6) is 5.75 Å². The number of carbonyl (C=O) groups is 2. The van der Waals surface area contributed by atoms with Gasteiger partial charge in [0.2, 0.25) is 11.8 Å². The Hall–Kier alpha value is -2.12. The highest BCUT2D eigenvalue weighted by Gasteiger charge is 2.23. The number of carbonyl (C=O) groups excluding carboxylic acids is 2. The Morgan fingerprint density at radius 1 is 1.29 bits per heavy atom. The maximum absolute atomic E-state index is 12.2. The van der Waals surface area contributed by atoms with Crippen LogP contribution in [0.4, 0.5) is 11.4 Å². The van der Waals surface area contributed by atoms with Gasteiger partial charge in [0.05, 0.1) is 25.9 Å². The van der Waals surface area contributed by atoms with E-state index in [2.05, 4.69) is 10.6 Å². The van der Waals surface area contributed by atoms with Gasteiger partial charge in [-0.2, -0.15) is 0 Å². The minimum Gasteiger partial charge on any atom is -0.495 e. The molecule has 1 saturated heterocycles. The Labute approximate surface area is 142 Å². The number of benzene rings is 1. The number of amides is 2. The zero-order chi connectivity index (χ0) is 17.4. The van der Waals surface area contributed by atoms with Crippen LogP contribution in [0.1, 0.15) is 19.3 Å². The quantitative estimate of drug-likeness (QED) is 0.702. The van der Waals surface area contributed by atoms with Gasteiger partial charge < -0.3 is 25.0 Å². The lowest BCUT2D eigenvalue weighted by Gasteiger charge is -2.28. The number of anilines is 2. The first-order valence-electron chi connectivity index (χ1n) is 8.13. The minimum atomic E-state index is -0.146. The molecule has 2 rings (SSSR count). The van der Waals surface area contributed by atoms with Gasteiger partial charge >= 0.3 is 0 Å². The van der Waals surface area contributed by atoms with Crippen molar-refractivity contribution in [3.8, 4) is 5.75 Å². The topological polar surface area (TPSA) is 79.9 Å². The molecule has 1 heterocycles. The Morgan fingerprint density at radius 2 is 2.12 bits per heavy atom. The number of nitrogens with one attached hydrogen (secondary N) is 2. The van der Waals surface area contributed by atoms with Crippen LogP contribution < -0.4 is 20.3 Å². The van der Waals surface area contributed by atoms with E-state index >= 15 is 0 Å². The van der Waals surface area contributed by atoms with Gasteiger partial charge in [-0.25, -0.2) is 0 Å². The average molecular weight is 335 g/mol. The first-order valence-corrected chi connectivity index (χ1v) is 8.13. The average Bonchev–Trinajstić information content (AvgIpc) is 2.59. The van der Waals surface area contributed by atoms with Gasteiger partial charge in [-0.05, 0) is 31.0 Å².